The van der Waals surface area contributed by atoms with E-state index in [0.29, 0.717) is 12.6 Å². The van der Waals surface area contributed by atoms with Gasteiger partial charge in [-0.05, 0) is 20.3 Å². The zero-order valence-corrected chi connectivity index (χ0v) is 9.24. The van der Waals surface area contributed by atoms with Crippen LogP contribution in [0.25, 0.3) is 0 Å². The molecule has 0 bridgehead atoms. The van der Waals surface area contributed by atoms with Gasteiger partial charge < -0.3 is 14.5 Å². The quantitative estimate of drug-likeness (QED) is 0.757. The third-order valence-corrected chi connectivity index (χ3v) is 1.97. The summed E-state index contributed by atoms with van der Waals surface area (Å²) in [6.07, 6.45) is 2.25. The molecule has 0 saturated heterocycles. The standard InChI is InChI=1S/C10H16N2O3/c1-4-7(3)11-10-12-8(6-15-10)9(13)14-5-2/h6-7H,4-5H2,1-3H3,(H,11,12). The van der Waals surface area contributed by atoms with Gasteiger partial charge in [-0.25, -0.2) is 4.79 Å². The number of nitrogens with zero attached hydrogens (tertiary/aromatic N) is 1. The molecule has 0 aliphatic carbocycles. The summed E-state index contributed by atoms with van der Waals surface area (Å²) in [6, 6.07) is 0.617. The van der Waals surface area contributed by atoms with Crippen LogP contribution in [0.5, 0.6) is 0 Å². The van der Waals surface area contributed by atoms with Gasteiger partial charge in [0.05, 0.1) is 6.61 Å². The number of rotatable bonds is 5. The largest absolute Gasteiger partial charge is 0.461 e. The van der Waals surface area contributed by atoms with Crippen molar-refractivity contribution in [1.29, 1.82) is 0 Å². The monoisotopic (exact) mass is 212 g/mol. The molecule has 1 N–H and O–H groups in total. The SMILES string of the molecule is CCOC(=O)c1coc(NC(C)CC)n1. The van der Waals surface area contributed by atoms with E-state index in [-0.39, 0.29) is 11.7 Å². The predicted molar refractivity (Wildman–Crippen MR) is 55.8 cm³/mol. The van der Waals surface area contributed by atoms with Crippen LogP contribution in [-0.4, -0.2) is 23.6 Å². The number of carbonyl (C=O) groups is 1. The molecule has 15 heavy (non-hydrogen) atoms. The highest BCUT2D eigenvalue weighted by Gasteiger charge is 2.13. The Morgan fingerprint density at radius 1 is 1.67 bits per heavy atom. The maximum Gasteiger partial charge on any atom is 0.360 e. The van der Waals surface area contributed by atoms with Gasteiger partial charge in [0.1, 0.15) is 6.26 Å². The highest BCUT2D eigenvalue weighted by atomic mass is 16.5. The lowest BCUT2D eigenvalue weighted by Gasteiger charge is -2.07. The maximum atomic E-state index is 11.2. The van der Waals surface area contributed by atoms with Crippen molar-refractivity contribution in [3.63, 3.8) is 0 Å². The molecular formula is C10H16N2O3. The van der Waals surface area contributed by atoms with E-state index in [1.807, 2.05) is 13.8 Å². The number of aromatic nitrogens is 1. The molecule has 0 fully saturated rings. The van der Waals surface area contributed by atoms with Crippen molar-refractivity contribution in [2.75, 3.05) is 11.9 Å². The number of oxazole rings is 1. The second kappa shape index (κ2) is 5.38. The van der Waals surface area contributed by atoms with E-state index in [2.05, 4.69) is 10.3 Å². The number of esters is 1. The zero-order valence-electron chi connectivity index (χ0n) is 9.24. The summed E-state index contributed by atoms with van der Waals surface area (Å²) in [5, 5.41) is 3.02. The molecule has 1 unspecified atom stereocenters. The van der Waals surface area contributed by atoms with Crippen molar-refractivity contribution in [2.45, 2.75) is 33.2 Å². The first-order chi connectivity index (χ1) is 7.17. The minimum atomic E-state index is -0.460. The van der Waals surface area contributed by atoms with Gasteiger partial charge in [0.25, 0.3) is 6.01 Å². The van der Waals surface area contributed by atoms with Crippen molar-refractivity contribution in [3.8, 4) is 0 Å². The average Bonchev–Trinajstić information content (AvgIpc) is 2.66. The number of ether oxygens (including phenoxy) is 1. The number of nitrogens with one attached hydrogen (secondary N) is 1. The van der Waals surface area contributed by atoms with Crippen molar-refractivity contribution in [2.24, 2.45) is 0 Å². The third-order valence-electron chi connectivity index (χ3n) is 1.97. The smallest absolute Gasteiger partial charge is 0.360 e. The number of hydrogen-bond acceptors (Lipinski definition) is 5. The minimum Gasteiger partial charge on any atom is -0.461 e. The van der Waals surface area contributed by atoms with Crippen LogP contribution in [0.3, 0.4) is 0 Å². The lowest BCUT2D eigenvalue weighted by Crippen LogP contribution is -2.14. The molecule has 0 aliphatic heterocycles. The van der Waals surface area contributed by atoms with Gasteiger partial charge in [-0.3, -0.25) is 0 Å². The summed E-state index contributed by atoms with van der Waals surface area (Å²) in [5.74, 6) is -0.460. The molecule has 0 spiro atoms. The number of carbonyl (C=O) groups excluding carboxylic acids is 1. The number of anilines is 1. The van der Waals surface area contributed by atoms with Crippen molar-refractivity contribution in [1.82, 2.24) is 4.98 Å². The fourth-order valence-corrected chi connectivity index (χ4v) is 0.952. The Bertz CT molecular complexity index is 322. The Balaban J connectivity index is 2.59. The average molecular weight is 212 g/mol. The summed E-state index contributed by atoms with van der Waals surface area (Å²) in [5.41, 5.74) is 0.197. The van der Waals surface area contributed by atoms with Crippen LogP contribution in [0.1, 0.15) is 37.7 Å². The molecule has 1 heterocycles. The van der Waals surface area contributed by atoms with Crippen molar-refractivity contribution in [3.05, 3.63) is 12.0 Å². The maximum absolute atomic E-state index is 11.2. The van der Waals surface area contributed by atoms with Crippen LogP contribution in [0, 0.1) is 0 Å². The lowest BCUT2D eigenvalue weighted by molar-refractivity contribution is 0.0519. The van der Waals surface area contributed by atoms with E-state index >= 15 is 0 Å². The molecule has 5 nitrogen and oxygen atoms in total. The van der Waals surface area contributed by atoms with Crippen molar-refractivity contribution < 1.29 is 13.9 Å². The van der Waals surface area contributed by atoms with E-state index in [1.54, 1.807) is 6.92 Å². The lowest BCUT2D eigenvalue weighted by atomic mass is 10.3. The van der Waals surface area contributed by atoms with Gasteiger partial charge in [-0.15, -0.1) is 0 Å². The molecule has 1 aromatic heterocycles. The van der Waals surface area contributed by atoms with Gasteiger partial charge in [0.15, 0.2) is 5.69 Å². The first kappa shape index (κ1) is 11.6. The molecule has 1 aromatic rings. The Hall–Kier alpha value is -1.52. The highest BCUT2D eigenvalue weighted by Crippen LogP contribution is 2.10. The molecular weight excluding hydrogens is 196 g/mol. The molecule has 0 aromatic carbocycles. The Kier molecular flexibility index (Phi) is 4.15. The summed E-state index contributed by atoms with van der Waals surface area (Å²) in [7, 11) is 0. The molecule has 1 rings (SSSR count). The van der Waals surface area contributed by atoms with Gasteiger partial charge >= 0.3 is 5.97 Å². The number of hydrogen-bond donors (Lipinski definition) is 1. The summed E-state index contributed by atoms with van der Waals surface area (Å²) < 4.78 is 9.86. The minimum absolute atomic E-state index is 0.197. The van der Waals surface area contributed by atoms with E-state index in [0.717, 1.165) is 6.42 Å². The molecule has 1 atom stereocenters. The zero-order chi connectivity index (χ0) is 11.3. The van der Waals surface area contributed by atoms with Crippen LogP contribution in [0.15, 0.2) is 10.7 Å². The summed E-state index contributed by atoms with van der Waals surface area (Å²) in [4.78, 5) is 15.2. The van der Waals surface area contributed by atoms with Crippen LogP contribution in [-0.2, 0) is 4.74 Å². The second-order valence-corrected chi connectivity index (χ2v) is 3.21. The fraction of sp³-hybridized carbons (Fsp3) is 0.600. The van der Waals surface area contributed by atoms with Crippen LogP contribution >= 0.6 is 0 Å². The summed E-state index contributed by atoms with van der Waals surface area (Å²) >= 11 is 0. The molecule has 0 radical (unpaired) electrons. The first-order valence-electron chi connectivity index (χ1n) is 5.06. The molecule has 0 aliphatic rings. The second-order valence-electron chi connectivity index (χ2n) is 3.21. The first-order valence-corrected chi connectivity index (χ1v) is 5.06. The van der Waals surface area contributed by atoms with E-state index in [1.165, 1.54) is 6.26 Å². The van der Waals surface area contributed by atoms with Gasteiger partial charge in [0.2, 0.25) is 0 Å². The van der Waals surface area contributed by atoms with E-state index in [9.17, 15) is 4.79 Å². The fourth-order valence-electron chi connectivity index (χ4n) is 0.952. The van der Waals surface area contributed by atoms with Crippen LogP contribution in [0.4, 0.5) is 6.01 Å². The predicted octanol–water partition coefficient (Wildman–Crippen LogP) is 2.06. The Morgan fingerprint density at radius 2 is 2.40 bits per heavy atom. The molecule has 0 amide bonds. The Morgan fingerprint density at radius 3 is 3.00 bits per heavy atom. The van der Waals surface area contributed by atoms with Crippen molar-refractivity contribution >= 4 is 12.0 Å². The molecule has 0 saturated carbocycles. The Labute approximate surface area is 88.8 Å². The van der Waals surface area contributed by atoms with E-state index in [4.69, 9.17) is 9.15 Å². The van der Waals surface area contributed by atoms with Gasteiger partial charge in [0, 0.05) is 6.04 Å². The summed E-state index contributed by atoms with van der Waals surface area (Å²) in [6.45, 7) is 6.14. The normalized spacial score (nSPS) is 12.2. The van der Waals surface area contributed by atoms with Crippen LogP contribution < -0.4 is 5.32 Å². The molecule has 84 valence electrons. The molecule has 5 heteroatoms. The van der Waals surface area contributed by atoms with Gasteiger partial charge in [-0.2, -0.15) is 4.98 Å². The topological polar surface area (TPSA) is 64.4 Å². The van der Waals surface area contributed by atoms with E-state index < -0.39 is 5.97 Å². The van der Waals surface area contributed by atoms with Crippen LogP contribution in [0.2, 0.25) is 0 Å². The third kappa shape index (κ3) is 3.27. The highest BCUT2D eigenvalue weighted by molar-refractivity contribution is 5.87. The van der Waals surface area contributed by atoms with Gasteiger partial charge in [-0.1, -0.05) is 6.92 Å².